The summed E-state index contributed by atoms with van der Waals surface area (Å²) in [6.07, 6.45) is -0.850. The molecule has 2 atom stereocenters. The molecule has 0 saturated carbocycles. The lowest BCUT2D eigenvalue weighted by atomic mass is 9.97. The number of methoxy groups -OCH3 is 1. The number of rotatable bonds is 4. The Morgan fingerprint density at radius 3 is 2.76 bits per heavy atom. The van der Waals surface area contributed by atoms with Gasteiger partial charge >= 0.3 is 5.97 Å². The zero-order valence-corrected chi connectivity index (χ0v) is 10.2. The van der Waals surface area contributed by atoms with Gasteiger partial charge < -0.3 is 9.84 Å². The second-order valence-electron chi connectivity index (χ2n) is 4.20. The highest BCUT2D eigenvalue weighted by molar-refractivity contribution is 5.71. The number of ether oxygens (including phenoxy) is 1. The fourth-order valence-electron chi connectivity index (χ4n) is 1.68. The Kier molecular flexibility index (Phi) is 4.63. The summed E-state index contributed by atoms with van der Waals surface area (Å²) in [6.45, 7) is 3.46. The van der Waals surface area contributed by atoms with Crippen LogP contribution in [0.15, 0.2) is 18.2 Å². The number of hydrogen-bond acceptors (Lipinski definition) is 3. The number of esters is 1. The first-order chi connectivity index (χ1) is 7.95. The first-order valence-electron chi connectivity index (χ1n) is 5.47. The van der Waals surface area contributed by atoms with E-state index < -0.39 is 23.8 Å². The first-order valence-corrected chi connectivity index (χ1v) is 5.47. The summed E-state index contributed by atoms with van der Waals surface area (Å²) in [5, 5.41) is 9.89. The molecule has 0 saturated heterocycles. The third-order valence-electron chi connectivity index (χ3n) is 2.69. The molecule has 0 radical (unpaired) electrons. The summed E-state index contributed by atoms with van der Waals surface area (Å²) < 4.78 is 18.0. The van der Waals surface area contributed by atoms with Crippen molar-refractivity contribution in [1.29, 1.82) is 0 Å². The van der Waals surface area contributed by atoms with Crippen molar-refractivity contribution in [3.63, 3.8) is 0 Å². The van der Waals surface area contributed by atoms with Crippen molar-refractivity contribution in [2.24, 2.45) is 5.92 Å². The van der Waals surface area contributed by atoms with E-state index in [0.717, 1.165) is 5.56 Å². The van der Waals surface area contributed by atoms with E-state index in [1.54, 1.807) is 19.1 Å². The van der Waals surface area contributed by atoms with Crippen LogP contribution in [0.5, 0.6) is 0 Å². The van der Waals surface area contributed by atoms with E-state index in [2.05, 4.69) is 4.74 Å². The zero-order chi connectivity index (χ0) is 13.0. The number of carbonyl (C=O) groups is 1. The topological polar surface area (TPSA) is 46.5 Å². The maximum absolute atomic E-state index is 13.5. The van der Waals surface area contributed by atoms with E-state index in [4.69, 9.17) is 0 Å². The minimum atomic E-state index is -0.996. The van der Waals surface area contributed by atoms with Crippen molar-refractivity contribution in [3.8, 4) is 0 Å². The van der Waals surface area contributed by atoms with Crippen molar-refractivity contribution in [2.75, 3.05) is 7.11 Å². The average molecular weight is 240 g/mol. The molecule has 4 heteroatoms. The maximum atomic E-state index is 13.5. The zero-order valence-electron chi connectivity index (χ0n) is 10.2. The van der Waals surface area contributed by atoms with E-state index in [0.29, 0.717) is 0 Å². The number of aliphatic hydroxyl groups is 1. The number of benzene rings is 1. The summed E-state index contributed by atoms with van der Waals surface area (Å²) >= 11 is 0. The Bertz CT molecular complexity index is 404. The Balaban J connectivity index is 2.79. The molecule has 0 aliphatic rings. The van der Waals surface area contributed by atoms with Gasteiger partial charge in [0.25, 0.3) is 0 Å². The lowest BCUT2D eigenvalue weighted by Crippen LogP contribution is -2.16. The van der Waals surface area contributed by atoms with E-state index in [-0.39, 0.29) is 12.0 Å². The molecule has 0 spiro atoms. The Labute approximate surface area is 100 Å². The molecule has 0 aliphatic heterocycles. The van der Waals surface area contributed by atoms with Gasteiger partial charge in [-0.2, -0.15) is 0 Å². The molecule has 0 aliphatic carbocycles. The van der Waals surface area contributed by atoms with Gasteiger partial charge in [-0.15, -0.1) is 0 Å². The smallest absolute Gasteiger partial charge is 0.308 e. The predicted octanol–water partition coefficient (Wildman–Crippen LogP) is 2.37. The van der Waals surface area contributed by atoms with Gasteiger partial charge in [-0.05, 0) is 19.4 Å². The van der Waals surface area contributed by atoms with E-state index in [1.165, 1.54) is 13.2 Å². The molecule has 1 rings (SSSR count). The molecular formula is C13H17FO3. The molecule has 0 fully saturated rings. The quantitative estimate of drug-likeness (QED) is 0.822. The van der Waals surface area contributed by atoms with Crippen molar-refractivity contribution < 1.29 is 19.0 Å². The van der Waals surface area contributed by atoms with E-state index >= 15 is 0 Å². The Morgan fingerprint density at radius 2 is 2.18 bits per heavy atom. The number of hydrogen-bond donors (Lipinski definition) is 1. The normalized spacial score (nSPS) is 14.2. The number of aliphatic hydroxyl groups excluding tert-OH is 1. The molecular weight excluding hydrogens is 223 g/mol. The van der Waals surface area contributed by atoms with Crippen molar-refractivity contribution in [3.05, 3.63) is 35.1 Å². The predicted molar refractivity (Wildman–Crippen MR) is 61.9 cm³/mol. The number of carbonyl (C=O) groups excluding carboxylic acids is 1. The van der Waals surface area contributed by atoms with Gasteiger partial charge in [0, 0.05) is 5.56 Å². The lowest BCUT2D eigenvalue weighted by molar-refractivity contribution is -0.145. The van der Waals surface area contributed by atoms with Crippen LogP contribution in [-0.2, 0) is 9.53 Å². The van der Waals surface area contributed by atoms with Crippen LogP contribution in [0.4, 0.5) is 4.39 Å². The highest BCUT2D eigenvalue weighted by atomic mass is 19.1. The fraction of sp³-hybridized carbons (Fsp3) is 0.462. The van der Waals surface area contributed by atoms with Crippen LogP contribution in [0.2, 0.25) is 0 Å². The van der Waals surface area contributed by atoms with Crippen LogP contribution in [0.25, 0.3) is 0 Å². The number of aryl methyl sites for hydroxylation is 1. The van der Waals surface area contributed by atoms with Crippen LogP contribution in [0, 0.1) is 18.7 Å². The van der Waals surface area contributed by atoms with Crippen LogP contribution in [0.1, 0.15) is 30.6 Å². The molecule has 2 unspecified atom stereocenters. The van der Waals surface area contributed by atoms with Gasteiger partial charge in [0.15, 0.2) is 0 Å². The van der Waals surface area contributed by atoms with Gasteiger partial charge in [0.2, 0.25) is 0 Å². The second kappa shape index (κ2) is 5.77. The lowest BCUT2D eigenvalue weighted by Gasteiger charge is -2.16. The molecule has 3 nitrogen and oxygen atoms in total. The summed E-state index contributed by atoms with van der Waals surface area (Å²) in [5.74, 6) is -1.33. The summed E-state index contributed by atoms with van der Waals surface area (Å²) in [5.41, 5.74) is 1.09. The Morgan fingerprint density at radius 1 is 1.53 bits per heavy atom. The minimum Gasteiger partial charge on any atom is -0.469 e. The third-order valence-corrected chi connectivity index (χ3v) is 2.69. The van der Waals surface area contributed by atoms with Gasteiger partial charge in [-0.3, -0.25) is 4.79 Å². The molecule has 0 aromatic heterocycles. The summed E-state index contributed by atoms with van der Waals surface area (Å²) in [7, 11) is 1.29. The van der Waals surface area contributed by atoms with Gasteiger partial charge in [-0.25, -0.2) is 4.39 Å². The van der Waals surface area contributed by atoms with Gasteiger partial charge in [0.1, 0.15) is 5.82 Å². The molecule has 1 aromatic carbocycles. The van der Waals surface area contributed by atoms with E-state index in [9.17, 15) is 14.3 Å². The van der Waals surface area contributed by atoms with Crippen molar-refractivity contribution in [1.82, 2.24) is 0 Å². The largest absolute Gasteiger partial charge is 0.469 e. The van der Waals surface area contributed by atoms with Gasteiger partial charge in [-0.1, -0.05) is 24.6 Å². The fourth-order valence-corrected chi connectivity index (χ4v) is 1.68. The highest BCUT2D eigenvalue weighted by Crippen LogP contribution is 2.25. The van der Waals surface area contributed by atoms with Crippen molar-refractivity contribution in [2.45, 2.75) is 26.4 Å². The summed E-state index contributed by atoms with van der Waals surface area (Å²) in [6, 6.07) is 4.54. The molecule has 0 heterocycles. The molecule has 0 amide bonds. The third kappa shape index (κ3) is 3.53. The second-order valence-corrected chi connectivity index (χ2v) is 4.20. The van der Waals surface area contributed by atoms with Crippen LogP contribution < -0.4 is 0 Å². The summed E-state index contributed by atoms with van der Waals surface area (Å²) in [4.78, 5) is 11.2. The molecule has 94 valence electrons. The monoisotopic (exact) mass is 240 g/mol. The SMILES string of the molecule is COC(=O)C(C)CC(O)c1cc(C)ccc1F. The van der Waals surface area contributed by atoms with Crippen molar-refractivity contribution >= 4 is 5.97 Å². The molecule has 1 N–H and O–H groups in total. The van der Waals surface area contributed by atoms with Crippen LogP contribution in [0.3, 0.4) is 0 Å². The number of halogens is 1. The van der Waals surface area contributed by atoms with Crippen LogP contribution >= 0.6 is 0 Å². The first kappa shape index (κ1) is 13.6. The molecule has 17 heavy (non-hydrogen) atoms. The molecule has 0 bridgehead atoms. The van der Waals surface area contributed by atoms with Gasteiger partial charge in [0.05, 0.1) is 19.1 Å². The maximum Gasteiger partial charge on any atom is 0.308 e. The highest BCUT2D eigenvalue weighted by Gasteiger charge is 2.21. The standard InChI is InChI=1S/C13H17FO3/c1-8-4-5-11(14)10(6-8)12(15)7-9(2)13(16)17-3/h4-6,9,12,15H,7H2,1-3H3. The van der Waals surface area contributed by atoms with Crippen LogP contribution in [-0.4, -0.2) is 18.2 Å². The molecule has 1 aromatic rings. The van der Waals surface area contributed by atoms with E-state index in [1.807, 2.05) is 6.92 Å². The average Bonchev–Trinajstić information content (AvgIpc) is 2.30. The minimum absolute atomic E-state index is 0.146. The Hall–Kier alpha value is -1.42.